The highest BCUT2D eigenvalue weighted by molar-refractivity contribution is 7.99. The number of hydrogen-bond acceptors (Lipinski definition) is 4. The van der Waals surface area contributed by atoms with E-state index in [0.29, 0.717) is 0 Å². The van der Waals surface area contributed by atoms with Crippen LogP contribution in [0.4, 0.5) is 0 Å². The van der Waals surface area contributed by atoms with Crippen molar-refractivity contribution < 1.29 is 0 Å². The molecule has 20 heavy (non-hydrogen) atoms. The molecular formula is C15H17N3OS. The van der Waals surface area contributed by atoms with Crippen LogP contribution in [0.5, 0.6) is 0 Å². The summed E-state index contributed by atoms with van der Waals surface area (Å²) in [6.45, 7) is 0.903. The predicted octanol–water partition coefficient (Wildman–Crippen LogP) is 1.76. The van der Waals surface area contributed by atoms with Crippen molar-refractivity contribution in [3.8, 4) is 0 Å². The molecule has 0 amide bonds. The Balaban J connectivity index is 2.01. The molecule has 1 aromatic carbocycles. The van der Waals surface area contributed by atoms with Crippen LogP contribution in [0.15, 0.2) is 46.2 Å². The largest absolute Gasteiger partial charge is 0.309 e. The van der Waals surface area contributed by atoms with E-state index < -0.39 is 0 Å². The number of nitrogens with one attached hydrogen (secondary N) is 1. The van der Waals surface area contributed by atoms with E-state index in [1.807, 2.05) is 24.4 Å². The average Bonchev–Trinajstić information content (AvgIpc) is 2.67. The van der Waals surface area contributed by atoms with Crippen LogP contribution in [0.25, 0.3) is 0 Å². The fourth-order valence-corrected chi connectivity index (χ4v) is 3.44. The van der Waals surface area contributed by atoms with Crippen molar-refractivity contribution in [2.24, 2.45) is 7.05 Å². The number of rotatable bonds is 2. The predicted molar refractivity (Wildman–Crippen MR) is 81.1 cm³/mol. The van der Waals surface area contributed by atoms with Crippen LogP contribution in [0.2, 0.25) is 0 Å². The summed E-state index contributed by atoms with van der Waals surface area (Å²) < 4.78 is 1.42. The van der Waals surface area contributed by atoms with Gasteiger partial charge in [0.15, 0.2) is 0 Å². The molecule has 0 bridgehead atoms. The van der Waals surface area contributed by atoms with Gasteiger partial charge in [-0.25, -0.2) is 4.68 Å². The summed E-state index contributed by atoms with van der Waals surface area (Å²) >= 11 is 1.71. The monoisotopic (exact) mass is 287 g/mol. The summed E-state index contributed by atoms with van der Waals surface area (Å²) in [6, 6.07) is 10.3. The normalized spacial score (nSPS) is 18.4. The first-order valence-corrected chi connectivity index (χ1v) is 7.70. The van der Waals surface area contributed by atoms with Gasteiger partial charge in [-0.3, -0.25) is 4.79 Å². The molecule has 1 aliphatic rings. The average molecular weight is 287 g/mol. The van der Waals surface area contributed by atoms with Crippen molar-refractivity contribution in [1.29, 1.82) is 0 Å². The van der Waals surface area contributed by atoms with Gasteiger partial charge >= 0.3 is 0 Å². The molecule has 2 heterocycles. The van der Waals surface area contributed by atoms with E-state index in [9.17, 15) is 4.79 Å². The molecule has 104 valence electrons. The first kappa shape index (κ1) is 13.4. The van der Waals surface area contributed by atoms with E-state index >= 15 is 0 Å². The number of fused-ring (bicyclic) bond motifs is 1. The second-order valence-corrected chi connectivity index (χ2v) is 6.03. The Kier molecular flexibility index (Phi) is 3.89. The SMILES string of the molecule is Cn1ncc2c(c1=O)C(Cc1ccccc1)NCCS2. The van der Waals surface area contributed by atoms with Crippen LogP contribution in [0.1, 0.15) is 17.2 Å². The lowest BCUT2D eigenvalue weighted by molar-refractivity contribution is 0.529. The Morgan fingerprint density at radius 1 is 1.40 bits per heavy atom. The summed E-state index contributed by atoms with van der Waals surface area (Å²) in [5.41, 5.74) is 2.10. The van der Waals surface area contributed by atoms with Gasteiger partial charge in [0.1, 0.15) is 0 Å². The molecule has 1 aliphatic heterocycles. The molecule has 0 saturated carbocycles. The van der Waals surface area contributed by atoms with Gasteiger partial charge in [0, 0.05) is 30.3 Å². The topological polar surface area (TPSA) is 46.9 Å². The zero-order valence-electron chi connectivity index (χ0n) is 11.4. The minimum Gasteiger partial charge on any atom is -0.309 e. The maximum absolute atomic E-state index is 12.4. The zero-order chi connectivity index (χ0) is 13.9. The maximum atomic E-state index is 12.4. The lowest BCUT2D eigenvalue weighted by Gasteiger charge is -2.18. The molecule has 0 aliphatic carbocycles. The minimum atomic E-state index is 0.00494. The minimum absolute atomic E-state index is 0.00494. The third kappa shape index (κ3) is 2.64. The van der Waals surface area contributed by atoms with Gasteiger partial charge in [-0.15, -0.1) is 11.8 Å². The first-order chi connectivity index (χ1) is 9.75. The number of aromatic nitrogens is 2. The van der Waals surface area contributed by atoms with E-state index in [4.69, 9.17) is 0 Å². The van der Waals surface area contributed by atoms with Gasteiger partial charge < -0.3 is 5.32 Å². The van der Waals surface area contributed by atoms with Crippen LogP contribution >= 0.6 is 11.8 Å². The molecule has 1 N–H and O–H groups in total. The van der Waals surface area contributed by atoms with E-state index in [-0.39, 0.29) is 11.6 Å². The van der Waals surface area contributed by atoms with E-state index in [1.165, 1.54) is 10.2 Å². The molecule has 4 nitrogen and oxygen atoms in total. The highest BCUT2D eigenvalue weighted by atomic mass is 32.2. The summed E-state index contributed by atoms with van der Waals surface area (Å²) in [7, 11) is 1.71. The maximum Gasteiger partial charge on any atom is 0.272 e. The number of hydrogen-bond donors (Lipinski definition) is 1. The summed E-state index contributed by atoms with van der Waals surface area (Å²) in [5.74, 6) is 0.965. The van der Waals surface area contributed by atoms with Crippen LogP contribution in [0, 0.1) is 0 Å². The third-order valence-corrected chi connectivity index (χ3v) is 4.56. The van der Waals surface area contributed by atoms with Crippen LogP contribution in [-0.2, 0) is 13.5 Å². The zero-order valence-corrected chi connectivity index (χ0v) is 12.2. The molecule has 3 rings (SSSR count). The fraction of sp³-hybridized carbons (Fsp3) is 0.333. The molecule has 1 atom stereocenters. The first-order valence-electron chi connectivity index (χ1n) is 6.72. The fourth-order valence-electron chi connectivity index (χ4n) is 2.50. The molecule has 0 fully saturated rings. The number of thioether (sulfide) groups is 1. The van der Waals surface area contributed by atoms with Gasteiger partial charge in [-0.1, -0.05) is 30.3 Å². The molecular weight excluding hydrogens is 270 g/mol. The summed E-state index contributed by atoms with van der Waals surface area (Å²) in [5, 5.41) is 7.62. The Morgan fingerprint density at radius 3 is 3.00 bits per heavy atom. The van der Waals surface area contributed by atoms with Gasteiger partial charge in [-0.05, 0) is 12.0 Å². The van der Waals surface area contributed by atoms with Gasteiger partial charge in [0.2, 0.25) is 0 Å². The molecule has 2 aromatic rings. The molecule has 1 unspecified atom stereocenters. The Labute approximate surface area is 122 Å². The van der Waals surface area contributed by atoms with Crippen LogP contribution in [0.3, 0.4) is 0 Å². The van der Waals surface area contributed by atoms with Crippen molar-refractivity contribution in [2.45, 2.75) is 17.4 Å². The van der Waals surface area contributed by atoms with Gasteiger partial charge in [0.25, 0.3) is 5.56 Å². The van der Waals surface area contributed by atoms with Crippen molar-refractivity contribution >= 4 is 11.8 Å². The molecule has 0 saturated heterocycles. The van der Waals surface area contributed by atoms with E-state index in [1.54, 1.807) is 18.8 Å². The smallest absolute Gasteiger partial charge is 0.272 e. The third-order valence-electron chi connectivity index (χ3n) is 3.52. The highest BCUT2D eigenvalue weighted by Gasteiger charge is 2.23. The lowest BCUT2D eigenvalue weighted by atomic mass is 10.0. The van der Waals surface area contributed by atoms with Crippen molar-refractivity contribution in [3.63, 3.8) is 0 Å². The standard InChI is InChI=1S/C15H17N3OS/c1-18-15(19)14-12(9-11-5-3-2-4-6-11)16-7-8-20-13(14)10-17-18/h2-6,10,12,16H,7-9H2,1H3. The Bertz CT molecular complexity index is 654. The van der Waals surface area contributed by atoms with Crippen molar-refractivity contribution in [3.05, 3.63) is 58.0 Å². The van der Waals surface area contributed by atoms with Gasteiger partial charge in [-0.2, -0.15) is 5.10 Å². The Hall–Kier alpha value is -1.59. The number of nitrogens with zero attached hydrogens (tertiary/aromatic N) is 2. The van der Waals surface area contributed by atoms with Crippen LogP contribution < -0.4 is 10.9 Å². The Morgan fingerprint density at radius 2 is 2.20 bits per heavy atom. The molecule has 1 aromatic heterocycles. The van der Waals surface area contributed by atoms with Crippen LogP contribution in [-0.4, -0.2) is 22.1 Å². The summed E-state index contributed by atoms with van der Waals surface area (Å²) in [6.07, 6.45) is 2.64. The summed E-state index contributed by atoms with van der Waals surface area (Å²) in [4.78, 5) is 13.4. The second kappa shape index (κ2) is 5.81. The second-order valence-electron chi connectivity index (χ2n) is 4.90. The quantitative estimate of drug-likeness (QED) is 0.914. The van der Waals surface area contributed by atoms with Crippen molar-refractivity contribution in [1.82, 2.24) is 15.1 Å². The van der Waals surface area contributed by atoms with Gasteiger partial charge in [0.05, 0.1) is 11.8 Å². The molecule has 5 heteroatoms. The van der Waals surface area contributed by atoms with E-state index in [0.717, 1.165) is 29.2 Å². The number of benzene rings is 1. The molecule has 0 radical (unpaired) electrons. The lowest BCUT2D eigenvalue weighted by Crippen LogP contribution is -2.32. The highest BCUT2D eigenvalue weighted by Crippen LogP contribution is 2.28. The van der Waals surface area contributed by atoms with Crippen molar-refractivity contribution in [2.75, 3.05) is 12.3 Å². The number of aryl methyl sites for hydroxylation is 1. The molecule has 0 spiro atoms. The van der Waals surface area contributed by atoms with E-state index in [2.05, 4.69) is 22.5 Å².